The highest BCUT2D eigenvalue weighted by Crippen LogP contribution is 2.26. The van der Waals surface area contributed by atoms with Gasteiger partial charge in [0.2, 0.25) is 0 Å². The monoisotopic (exact) mass is 221 g/mol. The number of nitrogens with zero attached hydrogens (tertiary/aromatic N) is 2. The first kappa shape index (κ1) is 10.2. The summed E-state index contributed by atoms with van der Waals surface area (Å²) in [5, 5.41) is 0.703. The Labute approximate surface area is 93.5 Å². The van der Waals surface area contributed by atoms with Crippen molar-refractivity contribution in [3.05, 3.63) is 41.2 Å². The fourth-order valence-corrected chi connectivity index (χ4v) is 1.74. The molecule has 3 nitrogen and oxygen atoms in total. The van der Waals surface area contributed by atoms with Crippen LogP contribution in [0.1, 0.15) is 5.69 Å². The van der Waals surface area contributed by atoms with Crippen LogP contribution in [0, 0.1) is 0 Å². The molecule has 1 heterocycles. The Morgan fingerprint density at radius 1 is 1.40 bits per heavy atom. The predicted molar refractivity (Wildman–Crippen MR) is 61.5 cm³/mol. The molecule has 0 unspecified atom stereocenters. The predicted octanol–water partition coefficient (Wildman–Crippen LogP) is 2.20. The van der Waals surface area contributed by atoms with Crippen LogP contribution in [0.25, 0.3) is 11.4 Å². The van der Waals surface area contributed by atoms with Crippen molar-refractivity contribution in [3.63, 3.8) is 0 Å². The molecule has 4 heteroatoms. The number of benzene rings is 1. The van der Waals surface area contributed by atoms with E-state index in [1.807, 2.05) is 42.1 Å². The summed E-state index contributed by atoms with van der Waals surface area (Å²) >= 11 is 6.10. The molecule has 1 aromatic carbocycles. The average Bonchev–Trinajstić information content (AvgIpc) is 2.60. The fourth-order valence-electron chi connectivity index (χ4n) is 1.52. The standard InChI is InChI=1S/C11H12ClN3/c1-15-7-8(6-13)14-11(15)9-4-2-3-5-10(9)12/h2-5,7H,6,13H2,1H3. The van der Waals surface area contributed by atoms with E-state index >= 15 is 0 Å². The summed E-state index contributed by atoms with van der Waals surface area (Å²) in [4.78, 5) is 4.41. The number of halogens is 1. The van der Waals surface area contributed by atoms with Gasteiger partial charge in [-0.05, 0) is 12.1 Å². The Balaban J connectivity index is 2.54. The van der Waals surface area contributed by atoms with Crippen molar-refractivity contribution < 1.29 is 0 Å². The zero-order valence-corrected chi connectivity index (χ0v) is 9.20. The van der Waals surface area contributed by atoms with Crippen LogP contribution < -0.4 is 5.73 Å². The van der Waals surface area contributed by atoms with Crippen molar-refractivity contribution in [1.29, 1.82) is 0 Å². The maximum absolute atomic E-state index is 6.10. The highest BCUT2D eigenvalue weighted by molar-refractivity contribution is 6.33. The van der Waals surface area contributed by atoms with E-state index in [0.29, 0.717) is 11.6 Å². The van der Waals surface area contributed by atoms with Crippen LogP contribution in [0.4, 0.5) is 0 Å². The smallest absolute Gasteiger partial charge is 0.141 e. The molecule has 0 aliphatic rings. The largest absolute Gasteiger partial charge is 0.334 e. The van der Waals surface area contributed by atoms with Gasteiger partial charge in [0.25, 0.3) is 0 Å². The summed E-state index contributed by atoms with van der Waals surface area (Å²) in [6, 6.07) is 7.65. The first-order chi connectivity index (χ1) is 7.22. The van der Waals surface area contributed by atoms with E-state index in [4.69, 9.17) is 17.3 Å². The summed E-state index contributed by atoms with van der Waals surface area (Å²) < 4.78 is 1.93. The molecule has 0 aliphatic heterocycles. The van der Waals surface area contributed by atoms with Gasteiger partial charge in [0.15, 0.2) is 0 Å². The van der Waals surface area contributed by atoms with Crippen LogP contribution >= 0.6 is 11.6 Å². The second-order valence-corrected chi connectivity index (χ2v) is 3.76. The highest BCUT2D eigenvalue weighted by atomic mass is 35.5. The lowest BCUT2D eigenvalue weighted by molar-refractivity contribution is 0.921. The SMILES string of the molecule is Cn1cc(CN)nc1-c1ccccc1Cl. The molecule has 2 aromatic rings. The van der Waals surface area contributed by atoms with Gasteiger partial charge in [0, 0.05) is 25.4 Å². The third-order valence-corrected chi connectivity index (χ3v) is 2.58. The van der Waals surface area contributed by atoms with Gasteiger partial charge in [-0.3, -0.25) is 0 Å². The van der Waals surface area contributed by atoms with E-state index in [1.165, 1.54) is 0 Å². The van der Waals surface area contributed by atoms with E-state index in [1.54, 1.807) is 0 Å². The number of aryl methyl sites for hydroxylation is 1. The number of hydrogen-bond donors (Lipinski definition) is 1. The minimum atomic E-state index is 0.443. The third kappa shape index (κ3) is 1.89. The van der Waals surface area contributed by atoms with Crippen LogP contribution in [0.5, 0.6) is 0 Å². The van der Waals surface area contributed by atoms with Gasteiger partial charge in [-0.25, -0.2) is 4.98 Å². The van der Waals surface area contributed by atoms with Gasteiger partial charge >= 0.3 is 0 Å². The number of hydrogen-bond acceptors (Lipinski definition) is 2. The normalized spacial score (nSPS) is 10.6. The molecular weight excluding hydrogens is 210 g/mol. The van der Waals surface area contributed by atoms with Crippen molar-refractivity contribution >= 4 is 11.6 Å². The third-order valence-electron chi connectivity index (χ3n) is 2.25. The van der Waals surface area contributed by atoms with Gasteiger partial charge < -0.3 is 10.3 Å². The lowest BCUT2D eigenvalue weighted by Gasteiger charge is -2.02. The van der Waals surface area contributed by atoms with Crippen LogP contribution in [0.3, 0.4) is 0 Å². The Hall–Kier alpha value is -1.32. The first-order valence-electron chi connectivity index (χ1n) is 4.69. The summed E-state index contributed by atoms with van der Waals surface area (Å²) in [7, 11) is 1.94. The molecule has 78 valence electrons. The summed E-state index contributed by atoms with van der Waals surface area (Å²) in [6.45, 7) is 0.443. The molecule has 0 fully saturated rings. The summed E-state index contributed by atoms with van der Waals surface area (Å²) in [5.41, 5.74) is 7.34. The number of aromatic nitrogens is 2. The van der Waals surface area contributed by atoms with E-state index < -0.39 is 0 Å². The lowest BCUT2D eigenvalue weighted by atomic mass is 10.2. The Bertz CT molecular complexity index is 476. The topological polar surface area (TPSA) is 43.8 Å². The van der Waals surface area contributed by atoms with Crippen molar-refractivity contribution in [2.75, 3.05) is 0 Å². The van der Waals surface area contributed by atoms with Crippen LogP contribution in [0.2, 0.25) is 5.02 Å². The molecule has 0 saturated heterocycles. The first-order valence-corrected chi connectivity index (χ1v) is 5.07. The number of rotatable bonds is 2. The molecule has 0 aliphatic carbocycles. The molecule has 2 rings (SSSR count). The van der Waals surface area contributed by atoms with Gasteiger partial charge in [-0.15, -0.1) is 0 Å². The van der Waals surface area contributed by atoms with Gasteiger partial charge in [0.05, 0.1) is 10.7 Å². The highest BCUT2D eigenvalue weighted by Gasteiger charge is 2.09. The van der Waals surface area contributed by atoms with E-state index in [-0.39, 0.29) is 0 Å². The molecule has 0 radical (unpaired) electrons. The molecule has 15 heavy (non-hydrogen) atoms. The molecule has 0 saturated carbocycles. The molecule has 2 N–H and O–H groups in total. The number of nitrogens with two attached hydrogens (primary N) is 1. The van der Waals surface area contributed by atoms with E-state index in [0.717, 1.165) is 17.1 Å². The summed E-state index contributed by atoms with van der Waals surface area (Å²) in [5.74, 6) is 0.848. The maximum Gasteiger partial charge on any atom is 0.141 e. The molecule has 0 spiro atoms. The van der Waals surface area contributed by atoms with E-state index in [9.17, 15) is 0 Å². The molecule has 0 amide bonds. The lowest BCUT2D eigenvalue weighted by Crippen LogP contribution is -1.95. The Morgan fingerprint density at radius 2 is 2.13 bits per heavy atom. The Morgan fingerprint density at radius 3 is 2.73 bits per heavy atom. The van der Waals surface area contributed by atoms with Crippen molar-refractivity contribution in [2.45, 2.75) is 6.54 Å². The van der Waals surface area contributed by atoms with E-state index in [2.05, 4.69) is 4.98 Å². The summed E-state index contributed by atoms with van der Waals surface area (Å²) in [6.07, 6.45) is 1.92. The van der Waals surface area contributed by atoms with Gasteiger partial charge in [-0.1, -0.05) is 23.7 Å². The molecular formula is C11H12ClN3. The van der Waals surface area contributed by atoms with Crippen molar-refractivity contribution in [1.82, 2.24) is 9.55 Å². The van der Waals surface area contributed by atoms with Crippen LogP contribution in [0.15, 0.2) is 30.5 Å². The Kier molecular flexibility index (Phi) is 2.75. The number of imidazole rings is 1. The fraction of sp³-hybridized carbons (Fsp3) is 0.182. The average molecular weight is 222 g/mol. The molecule has 1 aromatic heterocycles. The van der Waals surface area contributed by atoms with Crippen molar-refractivity contribution in [2.24, 2.45) is 12.8 Å². The molecule has 0 bridgehead atoms. The second kappa shape index (κ2) is 4.04. The van der Waals surface area contributed by atoms with Crippen LogP contribution in [-0.2, 0) is 13.6 Å². The van der Waals surface area contributed by atoms with Crippen LogP contribution in [-0.4, -0.2) is 9.55 Å². The quantitative estimate of drug-likeness (QED) is 0.845. The van der Waals surface area contributed by atoms with Gasteiger partial charge in [-0.2, -0.15) is 0 Å². The molecule has 0 atom stereocenters. The van der Waals surface area contributed by atoms with Crippen molar-refractivity contribution in [3.8, 4) is 11.4 Å². The minimum Gasteiger partial charge on any atom is -0.334 e. The zero-order chi connectivity index (χ0) is 10.8. The van der Waals surface area contributed by atoms with Gasteiger partial charge in [0.1, 0.15) is 5.82 Å². The minimum absolute atomic E-state index is 0.443. The maximum atomic E-state index is 6.10. The zero-order valence-electron chi connectivity index (χ0n) is 8.44. The second-order valence-electron chi connectivity index (χ2n) is 3.35.